The fraction of sp³-hybridized carbons (Fsp3) is 0.227. The molecule has 4 rings (SSSR count). The highest BCUT2D eigenvalue weighted by atomic mass is 16.5. The predicted molar refractivity (Wildman–Crippen MR) is 114 cm³/mol. The Bertz CT molecular complexity index is 985. The van der Waals surface area contributed by atoms with Crippen LogP contribution in [0.5, 0.6) is 0 Å². The first-order valence-corrected chi connectivity index (χ1v) is 9.59. The van der Waals surface area contributed by atoms with Gasteiger partial charge >= 0.3 is 0 Å². The van der Waals surface area contributed by atoms with E-state index in [1.165, 1.54) is 0 Å². The molecule has 2 aromatic carbocycles. The minimum absolute atomic E-state index is 0.261. The quantitative estimate of drug-likeness (QED) is 0.694. The van der Waals surface area contributed by atoms with Crippen LogP contribution in [0.2, 0.25) is 0 Å². The Morgan fingerprint density at radius 2 is 1.83 bits per heavy atom. The van der Waals surface area contributed by atoms with Gasteiger partial charge in [0.2, 0.25) is 0 Å². The van der Waals surface area contributed by atoms with Gasteiger partial charge in [-0.1, -0.05) is 24.3 Å². The first-order valence-electron chi connectivity index (χ1n) is 9.59. The van der Waals surface area contributed by atoms with Gasteiger partial charge in [0.1, 0.15) is 0 Å². The van der Waals surface area contributed by atoms with Gasteiger partial charge in [-0.2, -0.15) is 0 Å². The van der Waals surface area contributed by atoms with E-state index in [2.05, 4.69) is 25.7 Å². The zero-order chi connectivity index (χ0) is 20.1. The largest absolute Gasteiger partial charge is 0.378 e. The molecular formula is C22H23N5O2. The average molecular weight is 389 g/mol. The molecule has 29 heavy (non-hydrogen) atoms. The molecule has 2 N–H and O–H groups in total. The van der Waals surface area contributed by atoms with Crippen LogP contribution in [0.4, 0.5) is 22.9 Å². The molecule has 7 heteroatoms. The summed E-state index contributed by atoms with van der Waals surface area (Å²) in [6, 6.07) is 19.1. The van der Waals surface area contributed by atoms with Gasteiger partial charge in [0.25, 0.3) is 5.91 Å². The number of aromatic nitrogens is 2. The summed E-state index contributed by atoms with van der Waals surface area (Å²) in [6.07, 6.45) is 0. The number of carbonyl (C=O) groups excluding carboxylic acids is 1. The molecule has 1 amide bonds. The van der Waals surface area contributed by atoms with Crippen molar-refractivity contribution in [3.05, 3.63) is 71.9 Å². The molecule has 0 bridgehead atoms. The fourth-order valence-electron chi connectivity index (χ4n) is 3.24. The second-order valence-corrected chi connectivity index (χ2v) is 6.87. The standard InChI is InChI=1S/C22H23N5O2/c1-16-5-4-6-17(15-16)23-21-10-9-19(25-26-21)22(28)24-18-7-2-3-8-20(18)27-11-13-29-14-12-27/h2-10,15H,11-14H2,1H3,(H,23,26)(H,24,28). The minimum Gasteiger partial charge on any atom is -0.378 e. The number of carbonyl (C=O) groups is 1. The lowest BCUT2D eigenvalue weighted by atomic mass is 10.2. The van der Waals surface area contributed by atoms with E-state index in [0.29, 0.717) is 19.0 Å². The average Bonchev–Trinajstić information content (AvgIpc) is 2.75. The number of nitrogens with zero attached hydrogens (tertiary/aromatic N) is 3. The van der Waals surface area contributed by atoms with Gasteiger partial charge in [-0.05, 0) is 48.9 Å². The number of morpholine rings is 1. The van der Waals surface area contributed by atoms with E-state index in [0.717, 1.165) is 35.7 Å². The summed E-state index contributed by atoms with van der Waals surface area (Å²) >= 11 is 0. The number of aryl methyl sites for hydroxylation is 1. The lowest BCUT2D eigenvalue weighted by Crippen LogP contribution is -2.36. The first-order chi connectivity index (χ1) is 14.2. The van der Waals surface area contributed by atoms with Crippen LogP contribution < -0.4 is 15.5 Å². The van der Waals surface area contributed by atoms with Gasteiger partial charge in [-0.25, -0.2) is 0 Å². The van der Waals surface area contributed by atoms with Crippen molar-refractivity contribution in [2.45, 2.75) is 6.92 Å². The molecule has 0 radical (unpaired) electrons. The second kappa shape index (κ2) is 8.70. The summed E-state index contributed by atoms with van der Waals surface area (Å²) in [5, 5.41) is 14.4. The van der Waals surface area contributed by atoms with Crippen molar-refractivity contribution < 1.29 is 9.53 Å². The van der Waals surface area contributed by atoms with Gasteiger partial charge < -0.3 is 20.3 Å². The summed E-state index contributed by atoms with van der Waals surface area (Å²) in [7, 11) is 0. The summed E-state index contributed by atoms with van der Waals surface area (Å²) in [4.78, 5) is 14.9. The molecule has 0 aliphatic carbocycles. The van der Waals surface area contributed by atoms with E-state index in [1.807, 2.05) is 55.5 Å². The minimum atomic E-state index is -0.291. The number of rotatable bonds is 5. The highest BCUT2D eigenvalue weighted by molar-refractivity contribution is 6.04. The van der Waals surface area contributed by atoms with Crippen molar-refractivity contribution in [1.29, 1.82) is 0 Å². The highest BCUT2D eigenvalue weighted by Crippen LogP contribution is 2.26. The third kappa shape index (κ3) is 4.70. The van der Waals surface area contributed by atoms with E-state index in [4.69, 9.17) is 4.74 Å². The van der Waals surface area contributed by atoms with E-state index in [9.17, 15) is 4.79 Å². The molecular weight excluding hydrogens is 366 g/mol. The van der Waals surface area contributed by atoms with Crippen molar-refractivity contribution in [3.8, 4) is 0 Å². The molecule has 1 aliphatic rings. The number of nitrogens with one attached hydrogen (secondary N) is 2. The molecule has 7 nitrogen and oxygen atoms in total. The van der Waals surface area contributed by atoms with Crippen LogP contribution >= 0.6 is 0 Å². The Balaban J connectivity index is 1.45. The fourth-order valence-corrected chi connectivity index (χ4v) is 3.24. The zero-order valence-electron chi connectivity index (χ0n) is 16.3. The Hall–Kier alpha value is -3.45. The Morgan fingerprint density at radius 1 is 1.00 bits per heavy atom. The molecule has 0 spiro atoms. The third-order valence-electron chi connectivity index (χ3n) is 4.69. The lowest BCUT2D eigenvalue weighted by molar-refractivity contribution is 0.102. The summed E-state index contributed by atoms with van der Waals surface area (Å²) in [5.41, 5.74) is 4.07. The molecule has 0 unspecified atom stereocenters. The number of para-hydroxylation sites is 2. The highest BCUT2D eigenvalue weighted by Gasteiger charge is 2.17. The van der Waals surface area contributed by atoms with Crippen molar-refractivity contribution in [1.82, 2.24) is 10.2 Å². The van der Waals surface area contributed by atoms with Crippen molar-refractivity contribution in [3.63, 3.8) is 0 Å². The first kappa shape index (κ1) is 18.9. The van der Waals surface area contributed by atoms with Gasteiger partial charge in [0, 0.05) is 18.8 Å². The van der Waals surface area contributed by atoms with E-state index in [1.54, 1.807) is 12.1 Å². The second-order valence-electron chi connectivity index (χ2n) is 6.87. The summed E-state index contributed by atoms with van der Waals surface area (Å²) < 4.78 is 5.42. The SMILES string of the molecule is Cc1cccc(Nc2ccc(C(=O)Nc3ccccc3N3CCOCC3)nn2)c1. The molecule has 1 aliphatic heterocycles. The van der Waals surface area contributed by atoms with Gasteiger partial charge in [0.15, 0.2) is 11.5 Å². The summed E-state index contributed by atoms with van der Waals surface area (Å²) in [5.74, 6) is 0.293. The molecule has 1 aromatic heterocycles. The number of amides is 1. The van der Waals surface area contributed by atoms with E-state index < -0.39 is 0 Å². The number of hydrogen-bond donors (Lipinski definition) is 2. The Kier molecular flexibility index (Phi) is 5.67. The molecule has 3 aromatic rings. The van der Waals surface area contributed by atoms with Gasteiger partial charge in [-0.3, -0.25) is 4.79 Å². The van der Waals surface area contributed by atoms with Crippen LogP contribution in [0, 0.1) is 6.92 Å². The van der Waals surface area contributed by atoms with Crippen LogP contribution in [0.15, 0.2) is 60.7 Å². The van der Waals surface area contributed by atoms with Crippen LogP contribution in [-0.4, -0.2) is 42.4 Å². The number of ether oxygens (including phenoxy) is 1. The Morgan fingerprint density at radius 3 is 2.59 bits per heavy atom. The maximum atomic E-state index is 12.7. The van der Waals surface area contributed by atoms with Crippen LogP contribution in [-0.2, 0) is 4.74 Å². The molecule has 1 fully saturated rings. The molecule has 1 saturated heterocycles. The predicted octanol–water partition coefficient (Wildman–Crippen LogP) is 3.62. The smallest absolute Gasteiger partial charge is 0.276 e. The zero-order valence-corrected chi connectivity index (χ0v) is 16.3. The van der Waals surface area contributed by atoms with E-state index >= 15 is 0 Å². The monoisotopic (exact) mass is 389 g/mol. The van der Waals surface area contributed by atoms with Crippen molar-refractivity contribution in [2.75, 3.05) is 41.8 Å². The van der Waals surface area contributed by atoms with Crippen LogP contribution in [0.3, 0.4) is 0 Å². The van der Waals surface area contributed by atoms with E-state index in [-0.39, 0.29) is 11.6 Å². The molecule has 0 atom stereocenters. The maximum Gasteiger partial charge on any atom is 0.276 e. The van der Waals surface area contributed by atoms with Crippen molar-refractivity contribution >= 4 is 28.8 Å². The van der Waals surface area contributed by atoms with Gasteiger partial charge in [0.05, 0.1) is 24.6 Å². The Labute approximate surface area is 169 Å². The van der Waals surface area contributed by atoms with Crippen molar-refractivity contribution in [2.24, 2.45) is 0 Å². The topological polar surface area (TPSA) is 79.4 Å². The summed E-state index contributed by atoms with van der Waals surface area (Å²) in [6.45, 7) is 4.99. The van der Waals surface area contributed by atoms with Crippen LogP contribution in [0.1, 0.15) is 16.1 Å². The molecule has 148 valence electrons. The number of anilines is 4. The molecule has 2 heterocycles. The number of hydrogen-bond acceptors (Lipinski definition) is 6. The van der Waals surface area contributed by atoms with Gasteiger partial charge in [-0.15, -0.1) is 10.2 Å². The lowest BCUT2D eigenvalue weighted by Gasteiger charge is -2.30. The molecule has 0 saturated carbocycles. The maximum absolute atomic E-state index is 12.7. The van der Waals surface area contributed by atoms with Crippen LogP contribution in [0.25, 0.3) is 0 Å². The normalized spacial score (nSPS) is 13.8. The number of benzene rings is 2. The third-order valence-corrected chi connectivity index (χ3v) is 4.69.